The molecule has 1 aliphatic rings. The summed E-state index contributed by atoms with van der Waals surface area (Å²) in [6, 6.07) is 6.86. The van der Waals surface area contributed by atoms with Crippen LogP contribution in [0.4, 0.5) is 0 Å². The van der Waals surface area contributed by atoms with E-state index in [0.29, 0.717) is 12.2 Å². The number of amides is 1. The van der Waals surface area contributed by atoms with Crippen LogP contribution in [-0.4, -0.2) is 11.7 Å². The van der Waals surface area contributed by atoms with E-state index >= 15 is 0 Å². The first kappa shape index (κ1) is 14.4. The highest BCUT2D eigenvalue weighted by molar-refractivity contribution is 7.80. The van der Waals surface area contributed by atoms with Gasteiger partial charge in [-0.15, -0.1) is 0 Å². The van der Waals surface area contributed by atoms with Crippen LogP contribution in [0.2, 0.25) is 0 Å². The van der Waals surface area contributed by atoms with E-state index in [2.05, 4.69) is 43.1 Å². The minimum Gasteiger partial charge on any atom is -0.349 e. The number of benzene rings is 1. The minimum atomic E-state index is 0.0968. The summed E-state index contributed by atoms with van der Waals surface area (Å²) >= 11 is 4.10. The Morgan fingerprint density at radius 1 is 1.32 bits per heavy atom. The molecule has 0 spiro atoms. The summed E-state index contributed by atoms with van der Waals surface area (Å²) in [5.74, 6) is 0.700. The van der Waals surface area contributed by atoms with Crippen LogP contribution in [0.3, 0.4) is 0 Å². The molecule has 0 saturated heterocycles. The van der Waals surface area contributed by atoms with Crippen molar-refractivity contribution in [1.82, 2.24) is 5.32 Å². The fraction of sp³-hybridized carbons (Fsp3) is 0.562. The number of fused-ring (bicyclic) bond motifs is 1. The second-order valence-electron chi connectivity index (χ2n) is 5.24. The van der Waals surface area contributed by atoms with Gasteiger partial charge in [-0.1, -0.05) is 25.1 Å². The van der Waals surface area contributed by atoms with E-state index in [-0.39, 0.29) is 11.9 Å². The molecule has 1 aromatic rings. The number of hydrogen-bond donors (Lipinski definition) is 2. The molecule has 1 N–H and O–H groups in total. The molecule has 1 aliphatic carbocycles. The first-order valence-electron chi connectivity index (χ1n) is 7.26. The molecule has 1 atom stereocenters. The van der Waals surface area contributed by atoms with Gasteiger partial charge in [0.15, 0.2) is 0 Å². The molecular weight excluding hydrogens is 254 g/mol. The average Bonchev–Trinajstić information content (AvgIpc) is 2.44. The molecule has 2 nitrogen and oxygen atoms in total. The van der Waals surface area contributed by atoms with Crippen molar-refractivity contribution in [3.63, 3.8) is 0 Å². The van der Waals surface area contributed by atoms with E-state index in [1.807, 2.05) is 0 Å². The van der Waals surface area contributed by atoms with Gasteiger partial charge in [0, 0.05) is 6.42 Å². The van der Waals surface area contributed by atoms with Crippen LogP contribution in [-0.2, 0) is 17.6 Å². The van der Waals surface area contributed by atoms with Crippen molar-refractivity contribution in [3.8, 4) is 0 Å². The van der Waals surface area contributed by atoms with Gasteiger partial charge in [-0.25, -0.2) is 0 Å². The smallest absolute Gasteiger partial charge is 0.221 e. The molecule has 104 valence electrons. The summed E-state index contributed by atoms with van der Waals surface area (Å²) in [6.45, 7) is 2.12. The molecule has 0 radical (unpaired) electrons. The van der Waals surface area contributed by atoms with Crippen molar-refractivity contribution in [2.45, 2.75) is 51.5 Å². The van der Waals surface area contributed by atoms with E-state index in [9.17, 15) is 4.79 Å². The van der Waals surface area contributed by atoms with Gasteiger partial charge in [-0.2, -0.15) is 12.6 Å². The van der Waals surface area contributed by atoms with Crippen molar-refractivity contribution in [2.24, 2.45) is 0 Å². The van der Waals surface area contributed by atoms with Gasteiger partial charge in [0.1, 0.15) is 0 Å². The molecule has 0 fully saturated rings. The highest BCUT2D eigenvalue weighted by atomic mass is 32.1. The molecule has 1 amide bonds. The first-order valence-corrected chi connectivity index (χ1v) is 7.89. The monoisotopic (exact) mass is 277 g/mol. The van der Waals surface area contributed by atoms with Gasteiger partial charge >= 0.3 is 0 Å². The number of rotatable bonds is 5. The standard InChI is InChI=1S/C16H23NOS/c1-2-15(17-16(18)9-10-19)14-8-7-12-5-3-4-6-13(12)11-14/h7-8,11,15,19H,2-6,9-10H2,1H3,(H,17,18). The number of carbonyl (C=O) groups excluding carboxylic acids is 1. The van der Waals surface area contributed by atoms with E-state index < -0.39 is 0 Å². The number of thiol groups is 1. The van der Waals surface area contributed by atoms with Crippen LogP contribution in [0.5, 0.6) is 0 Å². The maximum absolute atomic E-state index is 11.7. The Labute approximate surface area is 121 Å². The third-order valence-corrected chi connectivity index (χ3v) is 4.08. The van der Waals surface area contributed by atoms with E-state index in [0.717, 1.165) is 6.42 Å². The molecule has 0 saturated carbocycles. The number of aryl methyl sites for hydroxylation is 2. The summed E-state index contributed by atoms with van der Waals surface area (Å²) in [6.07, 6.45) is 6.41. The highest BCUT2D eigenvalue weighted by Crippen LogP contribution is 2.26. The van der Waals surface area contributed by atoms with Gasteiger partial charge in [-0.05, 0) is 54.5 Å². The highest BCUT2D eigenvalue weighted by Gasteiger charge is 2.15. The van der Waals surface area contributed by atoms with Crippen molar-refractivity contribution in [3.05, 3.63) is 34.9 Å². The molecular formula is C16H23NOS. The third kappa shape index (κ3) is 3.75. The van der Waals surface area contributed by atoms with Crippen molar-refractivity contribution < 1.29 is 4.79 Å². The fourth-order valence-electron chi connectivity index (χ4n) is 2.76. The van der Waals surface area contributed by atoms with Gasteiger partial charge in [0.05, 0.1) is 6.04 Å². The summed E-state index contributed by atoms with van der Waals surface area (Å²) in [5.41, 5.74) is 4.22. The van der Waals surface area contributed by atoms with Crippen LogP contribution in [0.1, 0.15) is 55.3 Å². The molecule has 0 aliphatic heterocycles. The lowest BCUT2D eigenvalue weighted by Gasteiger charge is -2.21. The van der Waals surface area contributed by atoms with Gasteiger partial charge in [0.2, 0.25) is 5.91 Å². The van der Waals surface area contributed by atoms with Crippen LogP contribution >= 0.6 is 12.6 Å². The van der Waals surface area contributed by atoms with Crippen LogP contribution in [0.15, 0.2) is 18.2 Å². The van der Waals surface area contributed by atoms with Crippen molar-refractivity contribution in [2.75, 3.05) is 5.75 Å². The average molecular weight is 277 g/mol. The van der Waals surface area contributed by atoms with E-state index in [4.69, 9.17) is 0 Å². The fourth-order valence-corrected chi connectivity index (χ4v) is 2.96. The number of hydrogen-bond acceptors (Lipinski definition) is 2. The lowest BCUT2D eigenvalue weighted by Crippen LogP contribution is -2.28. The van der Waals surface area contributed by atoms with Crippen LogP contribution in [0, 0.1) is 0 Å². The largest absolute Gasteiger partial charge is 0.349 e. The molecule has 1 aromatic carbocycles. The Morgan fingerprint density at radius 2 is 2.05 bits per heavy atom. The maximum Gasteiger partial charge on any atom is 0.221 e. The van der Waals surface area contributed by atoms with E-state index in [1.165, 1.54) is 42.4 Å². The normalized spacial score (nSPS) is 15.7. The molecule has 0 bridgehead atoms. The molecule has 3 heteroatoms. The lowest BCUT2D eigenvalue weighted by atomic mass is 9.89. The third-order valence-electron chi connectivity index (χ3n) is 3.86. The Bertz CT molecular complexity index is 444. The number of carbonyl (C=O) groups is 1. The Kier molecular flexibility index (Phi) is 5.32. The lowest BCUT2D eigenvalue weighted by molar-refractivity contribution is -0.121. The Balaban J connectivity index is 2.12. The quantitative estimate of drug-likeness (QED) is 0.793. The molecule has 19 heavy (non-hydrogen) atoms. The Morgan fingerprint density at radius 3 is 2.74 bits per heavy atom. The van der Waals surface area contributed by atoms with Gasteiger partial charge in [-0.3, -0.25) is 4.79 Å². The summed E-state index contributed by atoms with van der Waals surface area (Å²) < 4.78 is 0. The summed E-state index contributed by atoms with van der Waals surface area (Å²) in [5, 5.41) is 3.10. The first-order chi connectivity index (χ1) is 9.24. The molecule has 1 unspecified atom stereocenters. The summed E-state index contributed by atoms with van der Waals surface area (Å²) in [7, 11) is 0. The van der Waals surface area contributed by atoms with Crippen molar-refractivity contribution in [1.29, 1.82) is 0 Å². The predicted molar refractivity (Wildman–Crippen MR) is 82.7 cm³/mol. The predicted octanol–water partition coefficient (Wildman–Crippen LogP) is 3.45. The SMILES string of the molecule is CCC(NC(=O)CCS)c1ccc2c(c1)CCCC2. The van der Waals surface area contributed by atoms with Crippen LogP contribution in [0.25, 0.3) is 0 Å². The summed E-state index contributed by atoms with van der Waals surface area (Å²) in [4.78, 5) is 11.7. The van der Waals surface area contributed by atoms with Gasteiger partial charge in [0.25, 0.3) is 0 Å². The molecule has 0 heterocycles. The zero-order valence-electron chi connectivity index (χ0n) is 11.6. The minimum absolute atomic E-state index is 0.0968. The topological polar surface area (TPSA) is 29.1 Å². The molecule has 0 aromatic heterocycles. The zero-order valence-corrected chi connectivity index (χ0v) is 12.5. The Hall–Kier alpha value is -0.960. The molecule has 2 rings (SSSR count). The van der Waals surface area contributed by atoms with Gasteiger partial charge < -0.3 is 5.32 Å². The van der Waals surface area contributed by atoms with Crippen LogP contribution < -0.4 is 5.32 Å². The van der Waals surface area contributed by atoms with E-state index in [1.54, 1.807) is 0 Å². The zero-order chi connectivity index (χ0) is 13.7. The second-order valence-corrected chi connectivity index (χ2v) is 5.68. The number of nitrogens with one attached hydrogen (secondary N) is 1. The van der Waals surface area contributed by atoms with Crippen molar-refractivity contribution >= 4 is 18.5 Å². The maximum atomic E-state index is 11.7. The second kappa shape index (κ2) is 6.99.